The summed E-state index contributed by atoms with van der Waals surface area (Å²) in [5, 5.41) is 3.45. The fraction of sp³-hybridized carbons (Fsp3) is 0.500. The number of hydrogen-bond donors (Lipinski definition) is 3. The first-order chi connectivity index (χ1) is 9.58. The summed E-state index contributed by atoms with van der Waals surface area (Å²) in [6.45, 7) is 8.32. The quantitative estimate of drug-likeness (QED) is 0.684. The van der Waals surface area contributed by atoms with Crippen molar-refractivity contribution in [3.8, 4) is 0 Å². The molecule has 0 radical (unpaired) electrons. The van der Waals surface area contributed by atoms with Crippen LogP contribution in [-0.4, -0.2) is 45.2 Å². The van der Waals surface area contributed by atoms with Crippen LogP contribution >= 0.6 is 27.5 Å². The Labute approximate surface area is 133 Å². The lowest BCUT2D eigenvalue weighted by Crippen LogP contribution is -3.28. The van der Waals surface area contributed by atoms with Crippen LogP contribution in [0.1, 0.15) is 6.92 Å². The molecule has 0 unspecified atom stereocenters. The topological polar surface area (TPSA) is 38.0 Å². The van der Waals surface area contributed by atoms with Gasteiger partial charge in [0.1, 0.15) is 26.2 Å². The molecule has 1 aliphatic rings. The van der Waals surface area contributed by atoms with Crippen LogP contribution < -0.4 is 15.1 Å². The minimum atomic E-state index is 0.0316. The van der Waals surface area contributed by atoms with Gasteiger partial charge in [-0.2, -0.15) is 0 Å². The number of benzene rings is 1. The van der Waals surface area contributed by atoms with Crippen molar-refractivity contribution in [1.29, 1.82) is 0 Å². The van der Waals surface area contributed by atoms with Gasteiger partial charge in [-0.15, -0.1) is 0 Å². The van der Waals surface area contributed by atoms with E-state index >= 15 is 0 Å². The summed E-state index contributed by atoms with van der Waals surface area (Å²) in [4.78, 5) is 15.0. The van der Waals surface area contributed by atoms with E-state index in [1.165, 1.54) is 11.4 Å². The molecule has 20 heavy (non-hydrogen) atoms. The molecule has 0 aliphatic carbocycles. The smallest absolute Gasteiger partial charge is 0.279 e. The van der Waals surface area contributed by atoms with Crippen LogP contribution in [0.4, 0.5) is 5.69 Å². The molecular weight excluding hydrogens is 342 g/mol. The maximum atomic E-state index is 12.1. The summed E-state index contributed by atoms with van der Waals surface area (Å²) in [6, 6.07) is 5.48. The van der Waals surface area contributed by atoms with Crippen molar-refractivity contribution in [3.63, 3.8) is 0 Å². The number of nitrogens with one attached hydrogen (secondary N) is 3. The van der Waals surface area contributed by atoms with E-state index in [0.29, 0.717) is 17.3 Å². The van der Waals surface area contributed by atoms with Gasteiger partial charge in [0.25, 0.3) is 5.91 Å². The van der Waals surface area contributed by atoms with Crippen LogP contribution in [-0.2, 0) is 4.79 Å². The minimum absolute atomic E-state index is 0.0316. The molecule has 6 heteroatoms. The third-order valence-corrected chi connectivity index (χ3v) is 4.59. The van der Waals surface area contributed by atoms with Crippen LogP contribution in [0.5, 0.6) is 0 Å². The van der Waals surface area contributed by atoms with Gasteiger partial charge < -0.3 is 15.1 Å². The van der Waals surface area contributed by atoms with Gasteiger partial charge in [-0.1, -0.05) is 27.5 Å². The van der Waals surface area contributed by atoms with E-state index in [-0.39, 0.29) is 5.91 Å². The number of amides is 1. The number of anilines is 1. The fourth-order valence-electron chi connectivity index (χ4n) is 2.50. The largest absolute Gasteiger partial charge is 0.326 e. The van der Waals surface area contributed by atoms with Crippen LogP contribution in [0.15, 0.2) is 22.7 Å². The second-order valence-corrected chi connectivity index (χ2v) is 6.53. The summed E-state index contributed by atoms with van der Waals surface area (Å²) < 4.78 is 0.907. The maximum Gasteiger partial charge on any atom is 0.279 e. The number of likely N-dealkylation sites (N-methyl/N-ethyl adjacent to an activating group) is 1. The zero-order valence-corrected chi connectivity index (χ0v) is 14.0. The van der Waals surface area contributed by atoms with E-state index in [1.54, 1.807) is 11.0 Å². The third-order valence-electron chi connectivity index (χ3n) is 3.78. The monoisotopic (exact) mass is 361 g/mol. The van der Waals surface area contributed by atoms with Crippen LogP contribution in [0.2, 0.25) is 5.02 Å². The van der Waals surface area contributed by atoms with Gasteiger partial charge >= 0.3 is 0 Å². The second kappa shape index (κ2) is 7.41. The lowest BCUT2D eigenvalue weighted by molar-refractivity contribution is -1.01. The molecule has 1 heterocycles. The highest BCUT2D eigenvalue weighted by Gasteiger charge is 2.23. The Bertz CT molecular complexity index is 475. The molecule has 3 N–H and O–H groups in total. The van der Waals surface area contributed by atoms with Crippen LogP contribution in [0, 0.1) is 0 Å². The number of carbonyl (C=O) groups is 1. The van der Waals surface area contributed by atoms with Crippen molar-refractivity contribution in [1.82, 2.24) is 0 Å². The molecule has 0 atom stereocenters. The molecule has 0 saturated carbocycles. The predicted octanol–water partition coefficient (Wildman–Crippen LogP) is -0.156. The van der Waals surface area contributed by atoms with Crippen molar-refractivity contribution >= 4 is 39.1 Å². The predicted molar refractivity (Wildman–Crippen MR) is 84.6 cm³/mol. The number of hydrogen-bond acceptors (Lipinski definition) is 1. The van der Waals surface area contributed by atoms with Crippen LogP contribution in [0.25, 0.3) is 0 Å². The number of piperazine rings is 1. The first kappa shape index (κ1) is 15.8. The summed E-state index contributed by atoms with van der Waals surface area (Å²) in [5.41, 5.74) is 0.678. The van der Waals surface area contributed by atoms with E-state index in [0.717, 1.165) is 30.7 Å². The molecule has 1 saturated heterocycles. The molecule has 110 valence electrons. The Balaban J connectivity index is 1.84. The normalized spacial score (nSPS) is 22.6. The van der Waals surface area contributed by atoms with Crippen molar-refractivity contribution in [2.45, 2.75) is 6.92 Å². The van der Waals surface area contributed by atoms with Crippen molar-refractivity contribution in [3.05, 3.63) is 27.7 Å². The Morgan fingerprint density at radius 3 is 2.55 bits per heavy atom. The van der Waals surface area contributed by atoms with Gasteiger partial charge in [-0.3, -0.25) is 4.79 Å². The van der Waals surface area contributed by atoms with E-state index in [9.17, 15) is 4.79 Å². The highest BCUT2D eigenvalue weighted by Crippen LogP contribution is 2.25. The van der Waals surface area contributed by atoms with E-state index in [1.807, 2.05) is 12.1 Å². The van der Waals surface area contributed by atoms with Crippen LogP contribution in [0.3, 0.4) is 0 Å². The molecule has 1 fully saturated rings. The van der Waals surface area contributed by atoms with Gasteiger partial charge in [0.2, 0.25) is 0 Å². The number of quaternary nitrogens is 2. The molecule has 0 spiro atoms. The molecule has 1 aliphatic heterocycles. The highest BCUT2D eigenvalue weighted by atomic mass is 79.9. The molecule has 0 aromatic heterocycles. The lowest BCUT2D eigenvalue weighted by atomic mass is 10.3. The number of rotatable bonds is 4. The standard InChI is InChI=1S/C14H19BrClN3O/c1-2-18-5-7-19(8-6-18)10-14(20)17-13-4-3-11(15)9-12(13)16/h3-4,9H,2,5-8,10H2,1H3,(H,17,20)/p+2. The SMILES string of the molecule is CC[NH+]1CC[NH+](CC(=O)Nc2ccc(Br)cc2Cl)CC1. The van der Waals surface area contributed by atoms with E-state index < -0.39 is 0 Å². The molecule has 0 bridgehead atoms. The van der Waals surface area contributed by atoms with Gasteiger partial charge in [-0.25, -0.2) is 0 Å². The average molecular weight is 363 g/mol. The summed E-state index contributed by atoms with van der Waals surface area (Å²) in [5.74, 6) is 0.0316. The summed E-state index contributed by atoms with van der Waals surface area (Å²) >= 11 is 9.45. The Morgan fingerprint density at radius 2 is 1.95 bits per heavy atom. The van der Waals surface area contributed by atoms with Gasteiger partial charge in [0.05, 0.1) is 17.3 Å². The first-order valence-corrected chi connectivity index (χ1v) is 8.17. The number of carbonyl (C=O) groups excluding carboxylic acids is 1. The second-order valence-electron chi connectivity index (χ2n) is 5.20. The van der Waals surface area contributed by atoms with Crippen molar-refractivity contribution in [2.24, 2.45) is 0 Å². The molecule has 1 aromatic rings. The summed E-state index contributed by atoms with van der Waals surface area (Å²) in [6.07, 6.45) is 0. The zero-order valence-electron chi connectivity index (χ0n) is 11.6. The third kappa shape index (κ3) is 4.45. The molecule has 2 rings (SSSR count). The zero-order chi connectivity index (χ0) is 14.5. The lowest BCUT2D eigenvalue weighted by Gasteiger charge is -2.28. The average Bonchev–Trinajstić information content (AvgIpc) is 2.43. The van der Waals surface area contributed by atoms with Gasteiger partial charge in [-0.05, 0) is 25.1 Å². The molecular formula is C14H21BrClN3O+2. The van der Waals surface area contributed by atoms with Gasteiger partial charge in [0, 0.05) is 4.47 Å². The highest BCUT2D eigenvalue weighted by molar-refractivity contribution is 9.10. The fourth-order valence-corrected chi connectivity index (χ4v) is 3.22. The minimum Gasteiger partial charge on any atom is -0.326 e. The Kier molecular flexibility index (Phi) is 5.84. The Hall–Kier alpha value is -0.620. The molecule has 1 amide bonds. The first-order valence-electron chi connectivity index (χ1n) is 7.00. The Morgan fingerprint density at radius 1 is 1.30 bits per heavy atom. The number of halogens is 2. The van der Waals surface area contributed by atoms with E-state index in [2.05, 4.69) is 28.2 Å². The summed E-state index contributed by atoms with van der Waals surface area (Å²) in [7, 11) is 0. The molecule has 1 aromatic carbocycles. The van der Waals surface area contributed by atoms with E-state index in [4.69, 9.17) is 11.6 Å². The van der Waals surface area contributed by atoms with Crippen molar-refractivity contribution < 1.29 is 14.6 Å². The maximum absolute atomic E-state index is 12.1. The molecule has 4 nitrogen and oxygen atoms in total. The van der Waals surface area contributed by atoms with Gasteiger partial charge in [0.15, 0.2) is 6.54 Å². The van der Waals surface area contributed by atoms with Crippen molar-refractivity contribution in [2.75, 3.05) is 44.6 Å².